The number of aryl methyl sites for hydroxylation is 1. The summed E-state index contributed by atoms with van der Waals surface area (Å²) in [5, 5.41) is 0. The molecule has 0 amide bonds. The Balaban J connectivity index is 2.73. The Morgan fingerprint density at radius 3 is 2.47 bits per heavy atom. The summed E-state index contributed by atoms with van der Waals surface area (Å²) in [6.45, 7) is 5.05. The molecule has 104 valence electrons. The van der Waals surface area contributed by atoms with Gasteiger partial charge >= 0.3 is 11.9 Å². The molecular formula is C14H19NO4. The van der Waals surface area contributed by atoms with E-state index in [2.05, 4.69) is 4.74 Å². The van der Waals surface area contributed by atoms with E-state index in [9.17, 15) is 9.59 Å². The molecule has 0 unspecified atom stereocenters. The molecule has 1 rings (SSSR count). The zero-order chi connectivity index (χ0) is 14.6. The lowest BCUT2D eigenvalue weighted by Crippen LogP contribution is -2.32. The number of nitrogens with two attached hydrogens (primary N) is 1. The molecular weight excluding hydrogens is 246 g/mol. The van der Waals surface area contributed by atoms with Gasteiger partial charge in [-0.15, -0.1) is 0 Å². The van der Waals surface area contributed by atoms with E-state index in [1.165, 1.54) is 7.11 Å². The zero-order valence-corrected chi connectivity index (χ0v) is 11.6. The summed E-state index contributed by atoms with van der Waals surface area (Å²) in [4.78, 5) is 23.4. The topological polar surface area (TPSA) is 78.6 Å². The van der Waals surface area contributed by atoms with Crippen LogP contribution in [-0.2, 0) is 14.3 Å². The van der Waals surface area contributed by atoms with Crippen molar-refractivity contribution in [1.29, 1.82) is 0 Å². The highest BCUT2D eigenvalue weighted by atomic mass is 16.5. The van der Waals surface area contributed by atoms with Gasteiger partial charge in [-0.25, -0.2) is 4.79 Å². The molecule has 1 aromatic rings. The van der Waals surface area contributed by atoms with Gasteiger partial charge in [-0.1, -0.05) is 0 Å². The molecule has 0 aliphatic rings. The SMILES string of the molecule is COC(=O)C(C)(C)COC(=O)c1ccc(N)cc1C. The molecule has 5 heteroatoms. The third kappa shape index (κ3) is 3.71. The maximum Gasteiger partial charge on any atom is 0.338 e. The summed E-state index contributed by atoms with van der Waals surface area (Å²) in [6.07, 6.45) is 0. The van der Waals surface area contributed by atoms with Crippen LogP contribution in [0.15, 0.2) is 18.2 Å². The van der Waals surface area contributed by atoms with Crippen molar-refractivity contribution < 1.29 is 19.1 Å². The van der Waals surface area contributed by atoms with E-state index in [0.717, 1.165) is 5.56 Å². The number of benzene rings is 1. The van der Waals surface area contributed by atoms with Crippen LogP contribution < -0.4 is 5.73 Å². The third-order valence-electron chi connectivity index (χ3n) is 2.77. The van der Waals surface area contributed by atoms with Crippen LogP contribution in [0, 0.1) is 12.3 Å². The zero-order valence-electron chi connectivity index (χ0n) is 11.6. The van der Waals surface area contributed by atoms with E-state index in [1.807, 2.05) is 0 Å². The Morgan fingerprint density at radius 2 is 1.95 bits per heavy atom. The average Bonchev–Trinajstić information content (AvgIpc) is 2.35. The summed E-state index contributed by atoms with van der Waals surface area (Å²) < 4.78 is 9.80. The fraction of sp³-hybridized carbons (Fsp3) is 0.429. The van der Waals surface area contributed by atoms with Gasteiger partial charge in [0.2, 0.25) is 0 Å². The summed E-state index contributed by atoms with van der Waals surface area (Å²) in [7, 11) is 1.30. The van der Waals surface area contributed by atoms with E-state index in [4.69, 9.17) is 10.5 Å². The van der Waals surface area contributed by atoms with Gasteiger partial charge in [-0.3, -0.25) is 4.79 Å². The average molecular weight is 265 g/mol. The van der Waals surface area contributed by atoms with Crippen molar-refractivity contribution in [3.63, 3.8) is 0 Å². The van der Waals surface area contributed by atoms with Gasteiger partial charge in [0.25, 0.3) is 0 Å². The minimum absolute atomic E-state index is 0.0394. The van der Waals surface area contributed by atoms with Gasteiger partial charge in [0.1, 0.15) is 6.61 Å². The Bertz CT molecular complexity index is 494. The number of nitrogen functional groups attached to an aromatic ring is 1. The molecule has 0 saturated heterocycles. The molecule has 1 aromatic carbocycles. The number of carbonyl (C=O) groups excluding carboxylic acids is 2. The predicted octanol–water partition coefficient (Wildman–Crippen LogP) is 1.93. The number of ether oxygens (including phenoxy) is 2. The second-order valence-corrected chi connectivity index (χ2v) is 5.03. The lowest BCUT2D eigenvalue weighted by Gasteiger charge is -2.21. The van der Waals surface area contributed by atoms with Crippen molar-refractivity contribution in [2.45, 2.75) is 20.8 Å². The molecule has 0 spiro atoms. The van der Waals surface area contributed by atoms with Crippen molar-refractivity contribution in [2.75, 3.05) is 19.5 Å². The van der Waals surface area contributed by atoms with Crippen LogP contribution >= 0.6 is 0 Å². The van der Waals surface area contributed by atoms with Crippen LogP contribution in [0.4, 0.5) is 5.69 Å². The molecule has 0 aliphatic heterocycles. The van der Waals surface area contributed by atoms with Gasteiger partial charge in [0, 0.05) is 5.69 Å². The summed E-state index contributed by atoms with van der Waals surface area (Å²) in [6, 6.07) is 4.94. The molecule has 0 bridgehead atoms. The fourth-order valence-electron chi connectivity index (χ4n) is 1.57. The number of hydrogen-bond donors (Lipinski definition) is 1. The highest BCUT2D eigenvalue weighted by molar-refractivity contribution is 5.91. The van der Waals surface area contributed by atoms with Crippen molar-refractivity contribution >= 4 is 17.6 Å². The number of methoxy groups -OCH3 is 1. The van der Waals surface area contributed by atoms with E-state index >= 15 is 0 Å². The van der Waals surface area contributed by atoms with Crippen molar-refractivity contribution in [2.24, 2.45) is 5.41 Å². The number of rotatable bonds is 4. The number of esters is 2. The van der Waals surface area contributed by atoms with E-state index in [1.54, 1.807) is 39.0 Å². The standard InChI is InChI=1S/C14H19NO4/c1-9-7-10(15)5-6-11(9)12(16)19-8-14(2,3)13(17)18-4/h5-7H,8,15H2,1-4H3. The van der Waals surface area contributed by atoms with Crippen LogP contribution in [0.25, 0.3) is 0 Å². The lowest BCUT2D eigenvalue weighted by atomic mass is 9.95. The minimum Gasteiger partial charge on any atom is -0.469 e. The highest BCUT2D eigenvalue weighted by Crippen LogP contribution is 2.19. The summed E-state index contributed by atoms with van der Waals surface area (Å²) in [5.41, 5.74) is 6.51. The molecule has 0 atom stereocenters. The van der Waals surface area contributed by atoms with Crippen LogP contribution in [0.3, 0.4) is 0 Å². The highest BCUT2D eigenvalue weighted by Gasteiger charge is 2.30. The van der Waals surface area contributed by atoms with Crippen LogP contribution in [0.1, 0.15) is 29.8 Å². The molecule has 0 aliphatic carbocycles. The van der Waals surface area contributed by atoms with Crippen molar-refractivity contribution in [3.8, 4) is 0 Å². The Labute approximate surface area is 112 Å². The first-order chi connectivity index (χ1) is 8.77. The van der Waals surface area contributed by atoms with Gasteiger partial charge in [0.05, 0.1) is 18.1 Å². The molecule has 19 heavy (non-hydrogen) atoms. The predicted molar refractivity (Wildman–Crippen MR) is 71.7 cm³/mol. The van der Waals surface area contributed by atoms with Gasteiger partial charge in [0.15, 0.2) is 0 Å². The number of carbonyl (C=O) groups is 2. The fourth-order valence-corrected chi connectivity index (χ4v) is 1.57. The van der Waals surface area contributed by atoms with Crippen molar-refractivity contribution in [3.05, 3.63) is 29.3 Å². The normalized spacial score (nSPS) is 10.9. The summed E-state index contributed by atoms with van der Waals surface area (Å²) >= 11 is 0. The monoisotopic (exact) mass is 265 g/mol. The molecule has 0 fully saturated rings. The third-order valence-corrected chi connectivity index (χ3v) is 2.77. The minimum atomic E-state index is -0.869. The maximum absolute atomic E-state index is 11.9. The van der Waals surface area contributed by atoms with Crippen LogP contribution in [-0.4, -0.2) is 25.7 Å². The van der Waals surface area contributed by atoms with Crippen LogP contribution in [0.5, 0.6) is 0 Å². The van der Waals surface area contributed by atoms with Gasteiger partial charge < -0.3 is 15.2 Å². The Kier molecular flexibility index (Phi) is 4.53. The van der Waals surface area contributed by atoms with Gasteiger partial charge in [-0.05, 0) is 44.5 Å². The molecule has 2 N–H and O–H groups in total. The number of hydrogen-bond acceptors (Lipinski definition) is 5. The quantitative estimate of drug-likeness (QED) is 0.664. The van der Waals surface area contributed by atoms with E-state index in [-0.39, 0.29) is 6.61 Å². The first-order valence-corrected chi connectivity index (χ1v) is 5.89. The van der Waals surface area contributed by atoms with Crippen molar-refractivity contribution in [1.82, 2.24) is 0 Å². The Hall–Kier alpha value is -2.04. The first kappa shape index (κ1) is 15.0. The molecule has 0 aromatic heterocycles. The molecule has 0 radical (unpaired) electrons. The van der Waals surface area contributed by atoms with E-state index < -0.39 is 17.4 Å². The molecule has 0 heterocycles. The Morgan fingerprint density at radius 1 is 1.32 bits per heavy atom. The second kappa shape index (κ2) is 5.73. The second-order valence-electron chi connectivity index (χ2n) is 5.03. The number of anilines is 1. The smallest absolute Gasteiger partial charge is 0.338 e. The lowest BCUT2D eigenvalue weighted by molar-refractivity contribution is -0.152. The largest absolute Gasteiger partial charge is 0.469 e. The molecule has 0 saturated carbocycles. The van der Waals surface area contributed by atoms with Crippen LogP contribution in [0.2, 0.25) is 0 Å². The maximum atomic E-state index is 11.9. The van der Waals surface area contributed by atoms with Gasteiger partial charge in [-0.2, -0.15) is 0 Å². The first-order valence-electron chi connectivity index (χ1n) is 5.89. The summed E-state index contributed by atoms with van der Waals surface area (Å²) in [5.74, 6) is -0.899. The van der Waals surface area contributed by atoms with E-state index in [0.29, 0.717) is 11.3 Å². The molecule has 5 nitrogen and oxygen atoms in total.